The minimum Gasteiger partial charge on any atom is -0.444 e. The molecule has 0 aromatic rings. The molecule has 0 fully saturated rings. The van der Waals surface area contributed by atoms with Crippen LogP contribution in [0.5, 0.6) is 0 Å². The van der Waals surface area contributed by atoms with Crippen molar-refractivity contribution < 1.29 is 9.53 Å². The molecule has 0 saturated heterocycles. The van der Waals surface area contributed by atoms with Crippen LogP contribution in [0, 0.1) is 0 Å². The molecule has 0 aliphatic rings. The number of nitrogens with one attached hydrogen (secondary N) is 1. The highest BCUT2D eigenvalue weighted by atomic mass is 16.6. The summed E-state index contributed by atoms with van der Waals surface area (Å²) in [5.74, 6) is 0. The highest BCUT2D eigenvalue weighted by molar-refractivity contribution is 5.67. The summed E-state index contributed by atoms with van der Waals surface area (Å²) in [4.78, 5) is 11.1. The highest BCUT2D eigenvalue weighted by Gasteiger charge is 2.15. The molecule has 1 amide bonds. The van der Waals surface area contributed by atoms with Gasteiger partial charge in [-0.3, -0.25) is 0 Å². The molecule has 7 N–H and O–H groups in total. The van der Waals surface area contributed by atoms with Crippen molar-refractivity contribution in [2.75, 3.05) is 26.2 Å². The third-order valence-electron chi connectivity index (χ3n) is 1.96. The van der Waals surface area contributed by atoms with Gasteiger partial charge in [0.25, 0.3) is 0 Å². The molecule has 6 heteroatoms. The maximum Gasteiger partial charge on any atom is 0.407 e. The summed E-state index contributed by atoms with van der Waals surface area (Å²) in [6.45, 7) is 8.36. The van der Waals surface area contributed by atoms with Gasteiger partial charge in [-0.1, -0.05) is 0 Å². The zero-order valence-electron chi connectivity index (χ0n) is 12.7. The summed E-state index contributed by atoms with van der Waals surface area (Å²) in [7, 11) is 0. The molecular formula is C13H32N4O2. The Morgan fingerprint density at radius 3 is 1.74 bits per heavy atom. The lowest BCUT2D eigenvalue weighted by atomic mass is 10.2. The summed E-state index contributed by atoms with van der Waals surface area (Å²) in [6.07, 6.45) is 3.60. The van der Waals surface area contributed by atoms with Crippen molar-refractivity contribution in [3.05, 3.63) is 0 Å². The normalized spacial score (nSPS) is 10.4. The SMILES string of the molecule is CC(C)(C)OC(=O)NCCCCN.NCCCCN. The van der Waals surface area contributed by atoms with E-state index in [0.29, 0.717) is 13.1 Å². The van der Waals surface area contributed by atoms with Crippen molar-refractivity contribution in [3.8, 4) is 0 Å². The second-order valence-corrected chi connectivity index (χ2v) is 5.21. The van der Waals surface area contributed by atoms with Crippen LogP contribution >= 0.6 is 0 Å². The molecule has 0 bridgehead atoms. The van der Waals surface area contributed by atoms with Crippen molar-refractivity contribution in [1.29, 1.82) is 0 Å². The molecule has 0 rings (SSSR count). The van der Waals surface area contributed by atoms with E-state index >= 15 is 0 Å². The van der Waals surface area contributed by atoms with E-state index in [4.69, 9.17) is 21.9 Å². The first-order valence-electron chi connectivity index (χ1n) is 6.94. The van der Waals surface area contributed by atoms with Crippen molar-refractivity contribution in [2.24, 2.45) is 17.2 Å². The van der Waals surface area contributed by atoms with Crippen molar-refractivity contribution in [2.45, 2.75) is 52.1 Å². The number of nitrogens with two attached hydrogens (primary N) is 3. The number of ether oxygens (including phenoxy) is 1. The zero-order chi connectivity index (χ0) is 15.1. The predicted octanol–water partition coefficient (Wildman–Crippen LogP) is 0.934. The highest BCUT2D eigenvalue weighted by Crippen LogP contribution is 2.06. The van der Waals surface area contributed by atoms with Gasteiger partial charge in [0.2, 0.25) is 0 Å². The van der Waals surface area contributed by atoms with Gasteiger partial charge in [0.05, 0.1) is 0 Å². The van der Waals surface area contributed by atoms with Crippen LogP contribution in [0.3, 0.4) is 0 Å². The Kier molecular flexibility index (Phi) is 14.6. The van der Waals surface area contributed by atoms with Crippen LogP contribution in [0.25, 0.3) is 0 Å². The molecule has 0 aliphatic carbocycles. The number of hydrogen-bond acceptors (Lipinski definition) is 5. The molecule has 0 unspecified atom stereocenters. The third-order valence-corrected chi connectivity index (χ3v) is 1.96. The van der Waals surface area contributed by atoms with E-state index in [-0.39, 0.29) is 6.09 Å². The molecule has 0 radical (unpaired) electrons. The molecule has 0 spiro atoms. The van der Waals surface area contributed by atoms with E-state index in [9.17, 15) is 4.79 Å². The minimum atomic E-state index is -0.419. The number of carbonyl (C=O) groups is 1. The van der Waals surface area contributed by atoms with Crippen molar-refractivity contribution in [1.82, 2.24) is 5.32 Å². The van der Waals surface area contributed by atoms with Gasteiger partial charge >= 0.3 is 6.09 Å². The number of hydrogen-bond donors (Lipinski definition) is 4. The molecular weight excluding hydrogens is 244 g/mol. The van der Waals surface area contributed by atoms with E-state index in [1.54, 1.807) is 0 Å². The Bertz CT molecular complexity index is 201. The van der Waals surface area contributed by atoms with Crippen LogP contribution < -0.4 is 22.5 Å². The summed E-state index contributed by atoms with van der Waals surface area (Å²) < 4.78 is 5.04. The van der Waals surface area contributed by atoms with Crippen LogP contribution in [0.4, 0.5) is 4.79 Å². The lowest BCUT2D eigenvalue weighted by Gasteiger charge is -2.19. The minimum absolute atomic E-state index is 0.357. The lowest BCUT2D eigenvalue weighted by molar-refractivity contribution is 0.0527. The second kappa shape index (κ2) is 13.6. The van der Waals surface area contributed by atoms with Gasteiger partial charge in [-0.25, -0.2) is 4.79 Å². The monoisotopic (exact) mass is 276 g/mol. The number of amides is 1. The quantitative estimate of drug-likeness (QED) is 0.516. The Morgan fingerprint density at radius 2 is 1.37 bits per heavy atom. The fraction of sp³-hybridized carbons (Fsp3) is 0.923. The van der Waals surface area contributed by atoms with E-state index in [0.717, 1.165) is 38.8 Å². The van der Waals surface area contributed by atoms with Crippen molar-refractivity contribution >= 4 is 6.09 Å². The third kappa shape index (κ3) is 22.8. The van der Waals surface area contributed by atoms with Gasteiger partial charge in [-0.05, 0) is 66.1 Å². The second-order valence-electron chi connectivity index (χ2n) is 5.21. The molecule has 0 atom stereocenters. The maximum absolute atomic E-state index is 11.1. The van der Waals surface area contributed by atoms with Gasteiger partial charge < -0.3 is 27.3 Å². The predicted molar refractivity (Wildman–Crippen MR) is 79.9 cm³/mol. The summed E-state index contributed by atoms with van der Waals surface area (Å²) in [5, 5.41) is 2.66. The molecule has 0 heterocycles. The average Bonchev–Trinajstić information content (AvgIpc) is 2.31. The largest absolute Gasteiger partial charge is 0.444 e. The van der Waals surface area contributed by atoms with Gasteiger partial charge in [-0.2, -0.15) is 0 Å². The maximum atomic E-state index is 11.1. The van der Waals surface area contributed by atoms with E-state index in [1.165, 1.54) is 0 Å². The van der Waals surface area contributed by atoms with E-state index < -0.39 is 5.60 Å². The van der Waals surface area contributed by atoms with Gasteiger partial charge in [0.1, 0.15) is 5.60 Å². The van der Waals surface area contributed by atoms with Gasteiger partial charge in [0, 0.05) is 6.54 Å². The standard InChI is InChI=1S/C9H20N2O2.C4H12N2/c1-9(2,3)13-8(12)11-7-5-4-6-10;5-3-1-2-4-6/h4-7,10H2,1-3H3,(H,11,12);1-6H2. The van der Waals surface area contributed by atoms with Crippen molar-refractivity contribution in [3.63, 3.8) is 0 Å². The first kappa shape index (κ1) is 20.5. The first-order chi connectivity index (χ1) is 8.87. The number of unbranched alkanes of at least 4 members (excludes halogenated alkanes) is 2. The summed E-state index contributed by atoms with van der Waals surface area (Å²) in [6, 6.07) is 0. The topological polar surface area (TPSA) is 116 Å². The van der Waals surface area contributed by atoms with Crippen LogP contribution in [0.1, 0.15) is 46.5 Å². The van der Waals surface area contributed by atoms with E-state index in [1.807, 2.05) is 20.8 Å². The van der Waals surface area contributed by atoms with Crippen LogP contribution in [-0.4, -0.2) is 37.9 Å². The number of rotatable bonds is 7. The number of carbonyl (C=O) groups excluding carboxylic acids is 1. The lowest BCUT2D eigenvalue weighted by Crippen LogP contribution is -2.33. The summed E-state index contributed by atoms with van der Waals surface area (Å²) >= 11 is 0. The van der Waals surface area contributed by atoms with Crippen LogP contribution in [0.2, 0.25) is 0 Å². The molecule has 19 heavy (non-hydrogen) atoms. The molecule has 116 valence electrons. The molecule has 0 aliphatic heterocycles. The fourth-order valence-electron chi connectivity index (χ4n) is 1.06. The molecule has 0 aromatic carbocycles. The smallest absolute Gasteiger partial charge is 0.407 e. The Morgan fingerprint density at radius 1 is 0.947 bits per heavy atom. The van der Waals surface area contributed by atoms with E-state index in [2.05, 4.69) is 5.32 Å². The van der Waals surface area contributed by atoms with Crippen LogP contribution in [-0.2, 0) is 4.74 Å². The summed E-state index contributed by atoms with van der Waals surface area (Å²) in [5.41, 5.74) is 15.2. The Labute approximate surface area is 117 Å². The molecule has 0 saturated carbocycles. The molecule has 0 aromatic heterocycles. The fourth-order valence-corrected chi connectivity index (χ4v) is 1.06. The molecule has 6 nitrogen and oxygen atoms in total. The first-order valence-corrected chi connectivity index (χ1v) is 6.94. The van der Waals surface area contributed by atoms with Gasteiger partial charge in [-0.15, -0.1) is 0 Å². The zero-order valence-corrected chi connectivity index (χ0v) is 12.7. The van der Waals surface area contributed by atoms with Crippen LogP contribution in [0.15, 0.2) is 0 Å². The average molecular weight is 276 g/mol. The Balaban J connectivity index is 0. The van der Waals surface area contributed by atoms with Gasteiger partial charge in [0.15, 0.2) is 0 Å². The number of alkyl carbamates (subject to hydrolysis) is 1. The Hall–Kier alpha value is -0.850.